The van der Waals surface area contributed by atoms with Crippen molar-refractivity contribution in [3.8, 4) is 11.3 Å². The highest BCUT2D eigenvalue weighted by atomic mass is 79.9. The second kappa shape index (κ2) is 8.01. The van der Waals surface area contributed by atoms with Crippen molar-refractivity contribution in [1.29, 1.82) is 0 Å². The number of hydrogen-bond donors (Lipinski definition) is 1. The maximum absolute atomic E-state index is 12.5. The van der Waals surface area contributed by atoms with Gasteiger partial charge in [-0.15, -0.1) is 0 Å². The zero-order valence-electron chi connectivity index (χ0n) is 15.0. The first kappa shape index (κ1) is 17.9. The predicted molar refractivity (Wildman–Crippen MR) is 112 cm³/mol. The van der Waals surface area contributed by atoms with Crippen LogP contribution in [-0.4, -0.2) is 19.0 Å². The lowest BCUT2D eigenvalue weighted by Crippen LogP contribution is -2.29. The van der Waals surface area contributed by atoms with Crippen molar-refractivity contribution in [2.45, 2.75) is 19.3 Å². The van der Waals surface area contributed by atoms with Crippen LogP contribution in [0, 0.1) is 0 Å². The van der Waals surface area contributed by atoms with Crippen LogP contribution >= 0.6 is 15.9 Å². The molecule has 1 amide bonds. The minimum atomic E-state index is -0.246. The van der Waals surface area contributed by atoms with Gasteiger partial charge in [-0.25, -0.2) is 0 Å². The normalized spacial score (nSPS) is 14.2. The van der Waals surface area contributed by atoms with E-state index in [1.165, 1.54) is 24.9 Å². The van der Waals surface area contributed by atoms with Gasteiger partial charge in [0.05, 0.1) is 0 Å². The van der Waals surface area contributed by atoms with E-state index in [-0.39, 0.29) is 5.91 Å². The SMILES string of the molecule is O=C(Nc1ccc(N2CCCCC2)cc1)c1ccc(-c2ccc(Br)cc2)o1. The molecule has 0 spiro atoms. The van der Waals surface area contributed by atoms with Crippen molar-refractivity contribution >= 4 is 33.2 Å². The maximum Gasteiger partial charge on any atom is 0.291 e. The number of hydrogen-bond acceptors (Lipinski definition) is 3. The summed E-state index contributed by atoms with van der Waals surface area (Å²) in [5.74, 6) is 0.727. The summed E-state index contributed by atoms with van der Waals surface area (Å²) >= 11 is 3.42. The summed E-state index contributed by atoms with van der Waals surface area (Å²) < 4.78 is 6.73. The lowest BCUT2D eigenvalue weighted by molar-refractivity contribution is 0.0997. The summed E-state index contributed by atoms with van der Waals surface area (Å²) in [6, 6.07) is 19.3. The molecule has 0 radical (unpaired) electrons. The van der Waals surface area contributed by atoms with Crippen molar-refractivity contribution in [2.24, 2.45) is 0 Å². The molecule has 0 unspecified atom stereocenters. The fourth-order valence-electron chi connectivity index (χ4n) is 3.33. The number of carbonyl (C=O) groups is 1. The highest BCUT2D eigenvalue weighted by molar-refractivity contribution is 9.10. The molecule has 2 aromatic carbocycles. The van der Waals surface area contributed by atoms with Crippen molar-refractivity contribution in [3.05, 3.63) is 70.9 Å². The van der Waals surface area contributed by atoms with Crippen molar-refractivity contribution in [2.75, 3.05) is 23.3 Å². The Labute approximate surface area is 167 Å². The minimum Gasteiger partial charge on any atom is -0.451 e. The molecule has 1 aliphatic rings. The van der Waals surface area contributed by atoms with Crippen LogP contribution in [0.2, 0.25) is 0 Å². The van der Waals surface area contributed by atoms with Crippen LogP contribution in [0.3, 0.4) is 0 Å². The summed E-state index contributed by atoms with van der Waals surface area (Å²) in [5.41, 5.74) is 2.91. The monoisotopic (exact) mass is 424 g/mol. The third-order valence-corrected chi connectivity index (χ3v) is 5.33. The van der Waals surface area contributed by atoms with E-state index in [9.17, 15) is 4.79 Å². The molecule has 4 nitrogen and oxygen atoms in total. The zero-order valence-corrected chi connectivity index (χ0v) is 16.5. The van der Waals surface area contributed by atoms with Crippen molar-refractivity contribution < 1.29 is 9.21 Å². The Morgan fingerprint density at radius 2 is 1.59 bits per heavy atom. The van der Waals surface area contributed by atoms with Crippen LogP contribution in [0.5, 0.6) is 0 Å². The predicted octanol–water partition coefficient (Wildman–Crippen LogP) is 5.95. The number of carbonyl (C=O) groups excluding carboxylic acids is 1. The van der Waals surface area contributed by atoms with Crippen LogP contribution < -0.4 is 10.2 Å². The molecule has 27 heavy (non-hydrogen) atoms. The van der Waals surface area contributed by atoms with Crippen LogP contribution in [0.25, 0.3) is 11.3 Å². The van der Waals surface area contributed by atoms with Gasteiger partial charge < -0.3 is 14.6 Å². The first-order valence-electron chi connectivity index (χ1n) is 9.21. The molecule has 0 bridgehead atoms. The smallest absolute Gasteiger partial charge is 0.291 e. The number of piperidine rings is 1. The van der Waals surface area contributed by atoms with Gasteiger partial charge in [-0.3, -0.25) is 4.79 Å². The Hall–Kier alpha value is -2.53. The summed E-state index contributed by atoms with van der Waals surface area (Å²) in [6.07, 6.45) is 3.81. The maximum atomic E-state index is 12.5. The van der Waals surface area contributed by atoms with Crippen LogP contribution in [0.4, 0.5) is 11.4 Å². The number of rotatable bonds is 4. The van der Waals surface area contributed by atoms with Crippen molar-refractivity contribution in [1.82, 2.24) is 0 Å². The summed E-state index contributed by atoms with van der Waals surface area (Å²) in [7, 11) is 0. The Balaban J connectivity index is 1.42. The second-order valence-corrected chi connectivity index (χ2v) is 7.64. The van der Waals surface area contributed by atoms with Gasteiger partial charge in [0.15, 0.2) is 5.76 Å². The van der Waals surface area contributed by atoms with Gasteiger partial charge in [-0.1, -0.05) is 28.1 Å². The van der Waals surface area contributed by atoms with Gasteiger partial charge in [-0.05, 0) is 67.8 Å². The molecule has 3 aromatic rings. The van der Waals surface area contributed by atoms with Crippen LogP contribution in [-0.2, 0) is 0 Å². The molecule has 1 aromatic heterocycles. The van der Waals surface area contributed by atoms with Gasteiger partial charge in [-0.2, -0.15) is 0 Å². The van der Waals surface area contributed by atoms with E-state index in [0.717, 1.165) is 28.8 Å². The molecule has 138 valence electrons. The first-order valence-corrected chi connectivity index (χ1v) is 10.0. The van der Waals surface area contributed by atoms with Gasteiger partial charge in [0.1, 0.15) is 5.76 Å². The third-order valence-electron chi connectivity index (χ3n) is 4.80. The third kappa shape index (κ3) is 4.25. The largest absolute Gasteiger partial charge is 0.451 e. The summed E-state index contributed by atoms with van der Waals surface area (Å²) in [6.45, 7) is 2.22. The fourth-order valence-corrected chi connectivity index (χ4v) is 3.59. The summed E-state index contributed by atoms with van der Waals surface area (Å²) in [5, 5.41) is 2.90. The molecule has 0 atom stereocenters. The van der Waals surface area contributed by atoms with E-state index in [4.69, 9.17) is 4.42 Å². The molecule has 1 fully saturated rings. The molecule has 1 N–H and O–H groups in total. The lowest BCUT2D eigenvalue weighted by Gasteiger charge is -2.28. The minimum absolute atomic E-state index is 0.246. The number of nitrogens with zero attached hydrogens (tertiary/aromatic N) is 1. The highest BCUT2D eigenvalue weighted by Crippen LogP contribution is 2.25. The Morgan fingerprint density at radius 3 is 2.30 bits per heavy atom. The van der Waals surface area contributed by atoms with E-state index in [2.05, 4.69) is 38.3 Å². The van der Waals surface area contributed by atoms with E-state index >= 15 is 0 Å². The highest BCUT2D eigenvalue weighted by Gasteiger charge is 2.14. The molecule has 2 heterocycles. The molecule has 5 heteroatoms. The van der Waals surface area contributed by atoms with Crippen LogP contribution in [0.1, 0.15) is 29.8 Å². The Kier molecular flexibility index (Phi) is 5.30. The molecule has 0 saturated carbocycles. The van der Waals surface area contributed by atoms with Gasteiger partial charge in [0.2, 0.25) is 0 Å². The molecule has 1 aliphatic heterocycles. The molecular weight excluding hydrogens is 404 g/mol. The topological polar surface area (TPSA) is 45.5 Å². The molecule has 4 rings (SSSR count). The molecule has 0 aliphatic carbocycles. The molecule has 1 saturated heterocycles. The standard InChI is InChI=1S/C22H21BrN2O2/c23-17-6-4-16(5-7-17)20-12-13-21(27-20)22(26)24-18-8-10-19(11-9-18)25-14-2-1-3-15-25/h4-13H,1-3,14-15H2,(H,24,26). The van der Waals surface area contributed by atoms with E-state index in [1.54, 1.807) is 6.07 Å². The second-order valence-electron chi connectivity index (χ2n) is 6.72. The number of nitrogens with one attached hydrogen (secondary N) is 1. The lowest BCUT2D eigenvalue weighted by atomic mass is 10.1. The van der Waals surface area contributed by atoms with E-state index < -0.39 is 0 Å². The number of benzene rings is 2. The zero-order chi connectivity index (χ0) is 18.6. The first-order chi connectivity index (χ1) is 13.2. The fraction of sp³-hybridized carbons (Fsp3) is 0.227. The number of halogens is 1. The average molecular weight is 425 g/mol. The van der Waals surface area contributed by atoms with Gasteiger partial charge >= 0.3 is 0 Å². The van der Waals surface area contributed by atoms with Crippen LogP contribution in [0.15, 0.2) is 69.6 Å². The van der Waals surface area contributed by atoms with E-state index in [0.29, 0.717) is 11.5 Å². The number of amides is 1. The summed E-state index contributed by atoms with van der Waals surface area (Å²) in [4.78, 5) is 14.9. The quantitative estimate of drug-likeness (QED) is 0.562. The Bertz CT molecular complexity index is 910. The van der Waals surface area contributed by atoms with Gasteiger partial charge in [0, 0.05) is 34.5 Å². The van der Waals surface area contributed by atoms with Gasteiger partial charge in [0.25, 0.3) is 5.91 Å². The van der Waals surface area contributed by atoms with Crippen molar-refractivity contribution in [3.63, 3.8) is 0 Å². The number of anilines is 2. The van der Waals surface area contributed by atoms with E-state index in [1.807, 2.05) is 42.5 Å². The average Bonchev–Trinajstić information content (AvgIpc) is 3.20. The number of furan rings is 1. The Morgan fingerprint density at radius 1 is 0.889 bits per heavy atom. The molecular formula is C22H21BrN2O2.